The van der Waals surface area contributed by atoms with Crippen LogP contribution in [0.3, 0.4) is 0 Å². The number of aliphatic hydroxyl groups is 2. The molecule has 0 unspecified atom stereocenters. The highest BCUT2D eigenvalue weighted by Gasteiger charge is 2.54. The van der Waals surface area contributed by atoms with E-state index in [0.717, 1.165) is 22.3 Å². The number of aliphatic hydroxyl groups excluding tert-OH is 2. The molecule has 0 radical (unpaired) electrons. The Balaban J connectivity index is 1.95. The van der Waals surface area contributed by atoms with Crippen LogP contribution in [0.5, 0.6) is 0 Å². The number of benzene rings is 4. The van der Waals surface area contributed by atoms with Gasteiger partial charge in [0.25, 0.3) is 0 Å². The van der Waals surface area contributed by atoms with Crippen LogP contribution in [0.1, 0.15) is 22.3 Å². The third-order valence-electron chi connectivity index (χ3n) is 6.59. The van der Waals surface area contributed by atoms with E-state index in [-0.39, 0.29) is 0 Å². The van der Waals surface area contributed by atoms with Crippen LogP contribution < -0.4 is 0 Å². The molecule has 174 valence electrons. The van der Waals surface area contributed by atoms with Gasteiger partial charge in [0, 0.05) is 14.2 Å². The number of methoxy groups -OCH3 is 2. The van der Waals surface area contributed by atoms with Crippen LogP contribution in [-0.2, 0) is 20.7 Å². The molecular weight excluding hydrogens is 424 g/mol. The molecule has 4 aromatic rings. The molecule has 34 heavy (non-hydrogen) atoms. The largest absolute Gasteiger partial charge is 0.386 e. The maximum absolute atomic E-state index is 12.1. The normalized spacial score (nSPS) is 13.9. The third kappa shape index (κ3) is 3.95. The first kappa shape index (κ1) is 23.9. The van der Waals surface area contributed by atoms with Crippen molar-refractivity contribution in [3.63, 3.8) is 0 Å². The number of rotatable bonds is 9. The van der Waals surface area contributed by atoms with Crippen molar-refractivity contribution >= 4 is 0 Å². The molecule has 0 saturated heterocycles. The maximum Gasteiger partial charge on any atom is 0.146 e. The first-order valence-electron chi connectivity index (χ1n) is 11.3. The molecule has 4 rings (SSSR count). The minimum absolute atomic E-state index is 0.723. The van der Waals surface area contributed by atoms with Gasteiger partial charge in [-0.3, -0.25) is 0 Å². The lowest BCUT2D eigenvalue weighted by Gasteiger charge is -2.46. The Labute approximate surface area is 201 Å². The summed E-state index contributed by atoms with van der Waals surface area (Å²) >= 11 is 0. The van der Waals surface area contributed by atoms with E-state index in [0.29, 0.717) is 0 Å². The predicted octanol–water partition coefficient (Wildman–Crippen LogP) is 4.89. The second-order valence-electron chi connectivity index (χ2n) is 8.23. The molecule has 0 aliphatic carbocycles. The predicted molar refractivity (Wildman–Crippen MR) is 133 cm³/mol. The summed E-state index contributed by atoms with van der Waals surface area (Å²) in [4.78, 5) is 0. The van der Waals surface area contributed by atoms with Crippen molar-refractivity contribution in [2.24, 2.45) is 0 Å². The molecule has 0 fully saturated rings. The van der Waals surface area contributed by atoms with E-state index >= 15 is 0 Å². The first-order chi connectivity index (χ1) is 16.6. The Bertz CT molecular complexity index is 974. The van der Waals surface area contributed by atoms with Crippen molar-refractivity contribution in [3.05, 3.63) is 144 Å². The molecule has 0 amide bonds. The molecule has 2 atom stereocenters. The van der Waals surface area contributed by atoms with Crippen LogP contribution in [0.4, 0.5) is 0 Å². The molecule has 0 aromatic heterocycles. The van der Waals surface area contributed by atoms with E-state index < -0.39 is 23.4 Å². The van der Waals surface area contributed by atoms with E-state index in [1.54, 1.807) is 14.2 Å². The zero-order valence-corrected chi connectivity index (χ0v) is 19.4. The third-order valence-corrected chi connectivity index (χ3v) is 6.59. The summed E-state index contributed by atoms with van der Waals surface area (Å²) in [7, 11) is 3.10. The summed E-state index contributed by atoms with van der Waals surface area (Å²) in [6.45, 7) is 0. The topological polar surface area (TPSA) is 58.9 Å². The van der Waals surface area contributed by atoms with Crippen molar-refractivity contribution in [3.8, 4) is 0 Å². The van der Waals surface area contributed by atoms with Crippen molar-refractivity contribution in [1.82, 2.24) is 0 Å². The lowest BCUT2D eigenvalue weighted by molar-refractivity contribution is -0.185. The molecule has 0 aliphatic rings. The van der Waals surface area contributed by atoms with Gasteiger partial charge in [0.1, 0.15) is 23.4 Å². The molecule has 0 bridgehead atoms. The minimum Gasteiger partial charge on any atom is -0.386 e. The van der Waals surface area contributed by atoms with Crippen molar-refractivity contribution < 1.29 is 19.7 Å². The summed E-state index contributed by atoms with van der Waals surface area (Å²) in [5.41, 5.74) is 0.190. The van der Waals surface area contributed by atoms with Gasteiger partial charge in [-0.05, 0) is 22.3 Å². The van der Waals surface area contributed by atoms with Gasteiger partial charge in [-0.25, -0.2) is 0 Å². The Kier molecular flexibility index (Phi) is 7.25. The van der Waals surface area contributed by atoms with Crippen molar-refractivity contribution in [2.75, 3.05) is 14.2 Å². The number of hydrogen-bond acceptors (Lipinski definition) is 4. The Morgan fingerprint density at radius 1 is 0.441 bits per heavy atom. The van der Waals surface area contributed by atoms with Gasteiger partial charge in [-0.2, -0.15) is 0 Å². The van der Waals surface area contributed by atoms with Crippen LogP contribution in [0.2, 0.25) is 0 Å². The van der Waals surface area contributed by atoms with E-state index in [9.17, 15) is 10.2 Å². The smallest absolute Gasteiger partial charge is 0.146 e. The highest BCUT2D eigenvalue weighted by molar-refractivity contribution is 5.43. The first-order valence-corrected chi connectivity index (χ1v) is 11.3. The van der Waals surface area contributed by atoms with Gasteiger partial charge < -0.3 is 19.7 Å². The van der Waals surface area contributed by atoms with E-state index in [2.05, 4.69) is 0 Å². The van der Waals surface area contributed by atoms with Gasteiger partial charge in [0.05, 0.1) is 0 Å². The fourth-order valence-electron chi connectivity index (χ4n) is 4.92. The Morgan fingerprint density at radius 2 is 0.647 bits per heavy atom. The SMILES string of the molecule is COC(c1ccccc1)(c1ccccc1)[C@@H](O)[C@H](O)C(OC)(c1ccccc1)c1ccccc1. The van der Waals surface area contributed by atoms with E-state index in [4.69, 9.17) is 9.47 Å². The second kappa shape index (κ2) is 10.3. The zero-order chi connectivity index (χ0) is 24.0. The monoisotopic (exact) mass is 454 g/mol. The number of hydrogen-bond donors (Lipinski definition) is 2. The average Bonchev–Trinajstić information content (AvgIpc) is 2.92. The van der Waals surface area contributed by atoms with Gasteiger partial charge in [0.2, 0.25) is 0 Å². The summed E-state index contributed by atoms with van der Waals surface area (Å²) in [6.07, 6.45) is -2.80. The molecule has 0 saturated carbocycles. The van der Waals surface area contributed by atoms with E-state index in [1.165, 1.54) is 0 Å². The Morgan fingerprint density at radius 3 is 0.824 bits per heavy atom. The van der Waals surface area contributed by atoms with Crippen LogP contribution >= 0.6 is 0 Å². The quantitative estimate of drug-likeness (QED) is 0.378. The fourth-order valence-corrected chi connectivity index (χ4v) is 4.92. The van der Waals surface area contributed by atoms with Crippen LogP contribution in [0.15, 0.2) is 121 Å². The molecular formula is C30H30O4. The van der Waals surface area contributed by atoms with Crippen molar-refractivity contribution in [2.45, 2.75) is 23.4 Å². The van der Waals surface area contributed by atoms with Gasteiger partial charge in [0.15, 0.2) is 0 Å². The van der Waals surface area contributed by atoms with Gasteiger partial charge in [-0.15, -0.1) is 0 Å². The lowest BCUT2D eigenvalue weighted by Crippen LogP contribution is -2.57. The summed E-state index contributed by atoms with van der Waals surface area (Å²) in [5.74, 6) is 0. The molecule has 4 nitrogen and oxygen atoms in total. The van der Waals surface area contributed by atoms with E-state index in [1.807, 2.05) is 121 Å². The van der Waals surface area contributed by atoms with Gasteiger partial charge >= 0.3 is 0 Å². The highest BCUT2D eigenvalue weighted by Crippen LogP contribution is 2.45. The number of ether oxygens (including phenoxy) is 2. The summed E-state index contributed by atoms with van der Waals surface area (Å²) in [5, 5.41) is 24.1. The zero-order valence-electron chi connectivity index (χ0n) is 19.4. The maximum atomic E-state index is 12.1. The molecule has 2 N–H and O–H groups in total. The molecule has 4 aromatic carbocycles. The van der Waals surface area contributed by atoms with Crippen LogP contribution in [-0.4, -0.2) is 36.6 Å². The molecule has 0 heterocycles. The average molecular weight is 455 g/mol. The minimum atomic E-state index is -1.40. The molecule has 0 spiro atoms. The highest BCUT2D eigenvalue weighted by atomic mass is 16.5. The lowest BCUT2D eigenvalue weighted by atomic mass is 9.71. The van der Waals surface area contributed by atoms with Gasteiger partial charge in [-0.1, -0.05) is 121 Å². The van der Waals surface area contributed by atoms with Crippen LogP contribution in [0, 0.1) is 0 Å². The summed E-state index contributed by atoms with van der Waals surface area (Å²) in [6, 6.07) is 37.9. The Hall–Kier alpha value is -3.28. The summed E-state index contributed by atoms with van der Waals surface area (Å²) < 4.78 is 12.3. The second-order valence-corrected chi connectivity index (χ2v) is 8.23. The molecule has 4 heteroatoms. The molecule has 0 aliphatic heterocycles. The van der Waals surface area contributed by atoms with Crippen molar-refractivity contribution in [1.29, 1.82) is 0 Å². The fraction of sp³-hybridized carbons (Fsp3) is 0.200. The van der Waals surface area contributed by atoms with Crippen LogP contribution in [0.25, 0.3) is 0 Å². The standard InChI is InChI=1S/C30H30O4/c1-33-29(23-15-7-3-8-16-23,24-17-9-4-10-18-24)27(31)28(32)30(34-2,25-19-11-5-12-20-25)26-21-13-6-14-22-26/h3-22,27-28,31-32H,1-2H3/t27-,28-/m0/s1.